The molecule has 3 aromatic rings. The molecule has 7 nitrogen and oxygen atoms in total. The van der Waals surface area contributed by atoms with Crippen molar-refractivity contribution in [3.05, 3.63) is 101 Å². The topological polar surface area (TPSA) is 98.7 Å². The van der Waals surface area contributed by atoms with Crippen molar-refractivity contribution in [2.24, 2.45) is 0 Å². The zero-order valence-corrected chi connectivity index (χ0v) is 20.6. The molecule has 1 saturated heterocycles. The summed E-state index contributed by atoms with van der Waals surface area (Å²) in [6.07, 6.45) is 2.64. The van der Waals surface area contributed by atoms with Gasteiger partial charge in [0.25, 0.3) is 17.7 Å². The Morgan fingerprint density at radius 2 is 1.81 bits per heavy atom. The summed E-state index contributed by atoms with van der Waals surface area (Å²) in [4.78, 5) is 40.1. The SMILES string of the molecule is CCC(NC(=O)c1ccc2c(c1)C(=Cc1ccc(C(=O)N3CCC(O)C3)cc1)C(=O)N2)c1ccccc1. The number of hydrogen-bond donors (Lipinski definition) is 3. The Bertz CT molecular complexity index is 1370. The maximum Gasteiger partial charge on any atom is 0.256 e. The minimum atomic E-state index is -0.466. The molecule has 0 saturated carbocycles. The summed E-state index contributed by atoms with van der Waals surface area (Å²) in [7, 11) is 0. The van der Waals surface area contributed by atoms with Crippen LogP contribution < -0.4 is 10.6 Å². The number of aliphatic hydroxyl groups is 1. The third kappa shape index (κ3) is 5.17. The van der Waals surface area contributed by atoms with Gasteiger partial charge < -0.3 is 20.6 Å². The molecule has 2 unspecified atom stereocenters. The second-order valence-corrected chi connectivity index (χ2v) is 9.43. The van der Waals surface area contributed by atoms with E-state index in [-0.39, 0.29) is 23.8 Å². The van der Waals surface area contributed by atoms with Gasteiger partial charge in [0.05, 0.1) is 12.1 Å². The second-order valence-electron chi connectivity index (χ2n) is 9.43. The van der Waals surface area contributed by atoms with Crippen molar-refractivity contribution in [2.75, 3.05) is 18.4 Å². The number of amides is 3. The van der Waals surface area contributed by atoms with Crippen molar-refractivity contribution in [1.82, 2.24) is 10.2 Å². The highest BCUT2D eigenvalue weighted by Crippen LogP contribution is 2.34. The Morgan fingerprint density at radius 3 is 2.49 bits per heavy atom. The number of carbonyl (C=O) groups excluding carboxylic acids is 3. The van der Waals surface area contributed by atoms with E-state index in [0.29, 0.717) is 47.5 Å². The molecule has 1 fully saturated rings. The predicted molar refractivity (Wildman–Crippen MR) is 143 cm³/mol. The van der Waals surface area contributed by atoms with Crippen molar-refractivity contribution < 1.29 is 19.5 Å². The highest BCUT2D eigenvalue weighted by molar-refractivity contribution is 6.35. The van der Waals surface area contributed by atoms with E-state index in [4.69, 9.17) is 0 Å². The first kappa shape index (κ1) is 24.5. The van der Waals surface area contributed by atoms with Crippen LogP contribution in [0.2, 0.25) is 0 Å². The maximum absolute atomic E-state index is 13.1. The molecular weight excluding hydrogens is 466 g/mol. The van der Waals surface area contributed by atoms with Gasteiger partial charge in [-0.25, -0.2) is 0 Å². The van der Waals surface area contributed by atoms with E-state index in [0.717, 1.165) is 17.5 Å². The highest BCUT2D eigenvalue weighted by Gasteiger charge is 2.27. The van der Waals surface area contributed by atoms with Crippen LogP contribution >= 0.6 is 0 Å². The summed E-state index contributed by atoms with van der Waals surface area (Å²) in [6.45, 7) is 2.92. The molecule has 0 radical (unpaired) electrons. The molecule has 37 heavy (non-hydrogen) atoms. The maximum atomic E-state index is 13.1. The van der Waals surface area contributed by atoms with Crippen LogP contribution in [0.5, 0.6) is 0 Å². The van der Waals surface area contributed by atoms with Crippen LogP contribution in [0.25, 0.3) is 11.6 Å². The Hall–Kier alpha value is -4.23. The molecule has 0 spiro atoms. The molecule has 2 heterocycles. The lowest BCUT2D eigenvalue weighted by Gasteiger charge is -2.17. The van der Waals surface area contributed by atoms with E-state index in [1.807, 2.05) is 37.3 Å². The van der Waals surface area contributed by atoms with Crippen LogP contribution in [-0.4, -0.2) is 46.9 Å². The van der Waals surface area contributed by atoms with Gasteiger partial charge in [-0.15, -0.1) is 0 Å². The van der Waals surface area contributed by atoms with Gasteiger partial charge in [0.2, 0.25) is 0 Å². The van der Waals surface area contributed by atoms with Crippen molar-refractivity contribution >= 4 is 35.1 Å². The first-order valence-corrected chi connectivity index (χ1v) is 12.5. The number of fused-ring (bicyclic) bond motifs is 1. The molecule has 7 heteroatoms. The molecule has 5 rings (SSSR count). The molecule has 3 aromatic carbocycles. The molecule has 0 aromatic heterocycles. The monoisotopic (exact) mass is 495 g/mol. The molecule has 3 N–H and O–H groups in total. The number of nitrogens with zero attached hydrogens (tertiary/aromatic N) is 1. The molecule has 0 aliphatic carbocycles. The Balaban J connectivity index is 1.35. The van der Waals surface area contributed by atoms with E-state index < -0.39 is 6.10 Å². The number of rotatable bonds is 6. The third-order valence-corrected chi connectivity index (χ3v) is 6.90. The lowest BCUT2D eigenvalue weighted by Crippen LogP contribution is -2.29. The zero-order chi connectivity index (χ0) is 25.9. The van der Waals surface area contributed by atoms with Gasteiger partial charge in [0.1, 0.15) is 0 Å². The van der Waals surface area contributed by atoms with Crippen LogP contribution in [0.3, 0.4) is 0 Å². The average molecular weight is 496 g/mol. The first-order valence-electron chi connectivity index (χ1n) is 12.5. The van der Waals surface area contributed by atoms with E-state index in [9.17, 15) is 19.5 Å². The number of anilines is 1. The van der Waals surface area contributed by atoms with Gasteiger partial charge in [-0.3, -0.25) is 14.4 Å². The lowest BCUT2D eigenvalue weighted by atomic mass is 10.00. The van der Waals surface area contributed by atoms with Gasteiger partial charge in [-0.1, -0.05) is 49.4 Å². The molecular formula is C30H29N3O4. The summed E-state index contributed by atoms with van der Waals surface area (Å²) >= 11 is 0. The fourth-order valence-electron chi connectivity index (χ4n) is 4.82. The van der Waals surface area contributed by atoms with Gasteiger partial charge in [-0.05, 0) is 60.4 Å². The average Bonchev–Trinajstić information content (AvgIpc) is 3.49. The number of nitrogens with one attached hydrogen (secondary N) is 2. The number of likely N-dealkylation sites (tertiary alicyclic amines) is 1. The van der Waals surface area contributed by atoms with Crippen molar-refractivity contribution in [1.29, 1.82) is 0 Å². The lowest BCUT2D eigenvalue weighted by molar-refractivity contribution is -0.110. The van der Waals surface area contributed by atoms with Gasteiger partial charge >= 0.3 is 0 Å². The summed E-state index contributed by atoms with van der Waals surface area (Å²) in [6, 6.07) is 22.0. The number of β-amino-alcohol motifs (C(OH)–C–C–N with tert-alkyl or cyclic N) is 1. The highest BCUT2D eigenvalue weighted by atomic mass is 16.3. The molecule has 2 aliphatic heterocycles. The van der Waals surface area contributed by atoms with Crippen molar-refractivity contribution in [2.45, 2.75) is 31.9 Å². The quantitative estimate of drug-likeness (QED) is 0.445. The fourth-order valence-corrected chi connectivity index (χ4v) is 4.82. The Kier molecular flexibility index (Phi) is 6.88. The molecule has 2 atom stereocenters. The Morgan fingerprint density at radius 1 is 1.08 bits per heavy atom. The van der Waals surface area contributed by atoms with Crippen LogP contribution in [0.4, 0.5) is 5.69 Å². The summed E-state index contributed by atoms with van der Waals surface area (Å²) in [5, 5.41) is 15.7. The van der Waals surface area contributed by atoms with Crippen molar-refractivity contribution in [3.8, 4) is 0 Å². The Labute approximate surface area is 215 Å². The predicted octanol–water partition coefficient (Wildman–Crippen LogP) is 4.27. The minimum absolute atomic E-state index is 0.109. The van der Waals surface area contributed by atoms with Crippen LogP contribution in [0.1, 0.15) is 63.2 Å². The van der Waals surface area contributed by atoms with E-state index in [1.54, 1.807) is 53.4 Å². The van der Waals surface area contributed by atoms with E-state index in [2.05, 4.69) is 10.6 Å². The summed E-state index contributed by atoms with van der Waals surface area (Å²) < 4.78 is 0. The number of benzene rings is 3. The smallest absolute Gasteiger partial charge is 0.256 e. The number of carbonyl (C=O) groups is 3. The standard InChI is InChI=1S/C30H29N3O4/c1-2-26(20-6-4-3-5-7-20)31-28(35)22-12-13-27-24(17-22)25(29(36)32-27)16-19-8-10-21(11-9-19)30(37)33-15-14-23(34)18-33/h3-13,16-17,23,26,34H,2,14-15,18H2,1H3,(H,31,35)(H,32,36). The van der Waals surface area contributed by atoms with Gasteiger partial charge in [-0.2, -0.15) is 0 Å². The van der Waals surface area contributed by atoms with Gasteiger partial charge in [0, 0.05) is 41.0 Å². The van der Waals surface area contributed by atoms with Crippen molar-refractivity contribution in [3.63, 3.8) is 0 Å². The molecule has 3 amide bonds. The molecule has 2 aliphatic rings. The van der Waals surface area contributed by atoms with E-state index in [1.165, 1.54) is 0 Å². The second kappa shape index (κ2) is 10.4. The number of aliphatic hydroxyl groups excluding tert-OH is 1. The fraction of sp³-hybridized carbons (Fsp3) is 0.233. The third-order valence-electron chi connectivity index (χ3n) is 6.90. The summed E-state index contributed by atoms with van der Waals surface area (Å²) in [5.74, 6) is -0.558. The van der Waals surface area contributed by atoms with Crippen LogP contribution in [-0.2, 0) is 4.79 Å². The van der Waals surface area contributed by atoms with Crippen LogP contribution in [0.15, 0.2) is 72.8 Å². The van der Waals surface area contributed by atoms with E-state index >= 15 is 0 Å². The zero-order valence-electron chi connectivity index (χ0n) is 20.6. The largest absolute Gasteiger partial charge is 0.391 e. The minimum Gasteiger partial charge on any atom is -0.391 e. The summed E-state index contributed by atoms with van der Waals surface area (Å²) in [5.41, 5.74) is 4.60. The molecule has 188 valence electrons. The van der Waals surface area contributed by atoms with Crippen LogP contribution in [0, 0.1) is 0 Å². The van der Waals surface area contributed by atoms with Gasteiger partial charge in [0.15, 0.2) is 0 Å². The first-order chi connectivity index (χ1) is 17.9. The normalized spacial score (nSPS) is 18.4. The molecule has 0 bridgehead atoms. The number of hydrogen-bond acceptors (Lipinski definition) is 4.